The third kappa shape index (κ3) is 4.39. The second kappa shape index (κ2) is 9.07. The van der Waals surface area contributed by atoms with Crippen molar-refractivity contribution in [2.75, 3.05) is 26.3 Å². The van der Waals surface area contributed by atoms with E-state index in [0.717, 1.165) is 11.1 Å². The molecule has 0 aliphatic rings. The van der Waals surface area contributed by atoms with Crippen LogP contribution in [0.5, 0.6) is 0 Å². The predicted molar refractivity (Wildman–Crippen MR) is 100 cm³/mol. The van der Waals surface area contributed by atoms with E-state index in [4.69, 9.17) is 10.2 Å². The first-order chi connectivity index (χ1) is 13.2. The summed E-state index contributed by atoms with van der Waals surface area (Å²) in [7, 11) is 0. The van der Waals surface area contributed by atoms with Crippen LogP contribution in [0.3, 0.4) is 0 Å². The van der Waals surface area contributed by atoms with E-state index in [0.29, 0.717) is 0 Å². The van der Waals surface area contributed by atoms with E-state index in [1.165, 1.54) is 4.90 Å². The number of amides is 1. The van der Waals surface area contributed by atoms with Crippen LogP contribution in [0, 0.1) is 0 Å². The molecule has 0 unspecified atom stereocenters. The minimum absolute atomic E-state index is 0.132. The van der Waals surface area contributed by atoms with Crippen LogP contribution in [0.25, 0.3) is 0 Å². The van der Waals surface area contributed by atoms with Gasteiger partial charge in [0, 0.05) is 13.1 Å². The van der Waals surface area contributed by atoms with Gasteiger partial charge in [0.2, 0.25) is 0 Å². The van der Waals surface area contributed by atoms with Crippen LogP contribution in [0.1, 0.15) is 27.7 Å². The Hall–Kier alpha value is -3.03. The van der Waals surface area contributed by atoms with E-state index in [1.807, 2.05) is 60.7 Å². The molecule has 1 amide bonds. The topological polar surface area (TPSA) is 91.5 Å². The third-order valence-electron chi connectivity index (χ3n) is 4.25. The molecule has 140 valence electrons. The molecule has 0 aliphatic carbocycles. The van der Waals surface area contributed by atoms with E-state index in [9.17, 15) is 4.79 Å². The van der Waals surface area contributed by atoms with E-state index in [2.05, 4.69) is 10.3 Å². The summed E-state index contributed by atoms with van der Waals surface area (Å²) in [5.74, 6) is -0.371. The minimum atomic E-state index is -0.371. The number of carbonyl (C=O) groups excluding carboxylic acids is 1. The first kappa shape index (κ1) is 18.8. The highest BCUT2D eigenvalue weighted by molar-refractivity contribution is 5.91. The highest BCUT2D eigenvalue weighted by Crippen LogP contribution is 2.25. The van der Waals surface area contributed by atoms with Crippen molar-refractivity contribution in [1.82, 2.24) is 19.9 Å². The Labute approximate surface area is 157 Å². The summed E-state index contributed by atoms with van der Waals surface area (Å²) in [6.45, 7) is -0.104. The Morgan fingerprint density at radius 3 is 1.93 bits per heavy atom. The Bertz CT molecular complexity index is 806. The Morgan fingerprint density at radius 1 is 0.926 bits per heavy atom. The number of aromatic nitrogens is 3. The summed E-state index contributed by atoms with van der Waals surface area (Å²) in [6.07, 6.45) is 1.61. The highest BCUT2D eigenvalue weighted by Gasteiger charge is 2.22. The number of hydrogen-bond donors (Lipinski definition) is 2. The fourth-order valence-corrected chi connectivity index (χ4v) is 2.99. The van der Waals surface area contributed by atoms with Crippen LogP contribution in [0.2, 0.25) is 0 Å². The Kier molecular flexibility index (Phi) is 6.30. The molecule has 3 rings (SSSR count). The summed E-state index contributed by atoms with van der Waals surface area (Å²) in [4.78, 5) is 14.0. The number of aliphatic hydroxyl groups excluding tert-OH is 2. The smallest absolute Gasteiger partial charge is 0.276 e. The normalized spacial score (nSPS) is 10.9. The molecule has 0 aliphatic heterocycles. The van der Waals surface area contributed by atoms with Crippen molar-refractivity contribution in [3.05, 3.63) is 83.7 Å². The molecule has 0 radical (unpaired) electrons. The van der Waals surface area contributed by atoms with Gasteiger partial charge < -0.3 is 15.1 Å². The van der Waals surface area contributed by atoms with Crippen LogP contribution >= 0.6 is 0 Å². The number of hydrogen-bond acceptors (Lipinski definition) is 5. The Morgan fingerprint density at radius 2 is 1.44 bits per heavy atom. The summed E-state index contributed by atoms with van der Waals surface area (Å²) < 4.78 is 1.66. The first-order valence-electron chi connectivity index (χ1n) is 8.77. The number of carbonyl (C=O) groups is 1. The summed E-state index contributed by atoms with van der Waals surface area (Å²) in [5.41, 5.74) is 2.22. The lowest BCUT2D eigenvalue weighted by molar-refractivity contribution is 0.0679. The number of aliphatic hydroxyl groups is 2. The van der Waals surface area contributed by atoms with Crippen molar-refractivity contribution < 1.29 is 15.0 Å². The monoisotopic (exact) mass is 366 g/mol. The average Bonchev–Trinajstić information content (AvgIpc) is 3.19. The van der Waals surface area contributed by atoms with Gasteiger partial charge in [-0.05, 0) is 11.1 Å². The lowest BCUT2D eigenvalue weighted by atomic mass is 9.99. The molecule has 0 spiro atoms. The number of nitrogens with zero attached hydrogens (tertiary/aromatic N) is 4. The Balaban J connectivity index is 1.94. The van der Waals surface area contributed by atoms with Gasteiger partial charge in [0.15, 0.2) is 5.69 Å². The van der Waals surface area contributed by atoms with E-state index in [-0.39, 0.29) is 43.9 Å². The van der Waals surface area contributed by atoms with E-state index < -0.39 is 0 Å². The molecule has 2 aromatic carbocycles. The zero-order valence-electron chi connectivity index (χ0n) is 14.8. The predicted octanol–water partition coefficient (Wildman–Crippen LogP) is 1.34. The molecule has 0 saturated heterocycles. The molecule has 7 nitrogen and oxygen atoms in total. The maximum absolute atomic E-state index is 12.6. The van der Waals surface area contributed by atoms with Crippen LogP contribution in [0.15, 0.2) is 66.9 Å². The molecule has 2 N–H and O–H groups in total. The van der Waals surface area contributed by atoms with Crippen LogP contribution in [0.4, 0.5) is 0 Å². The SMILES string of the molecule is O=C(c1cn(C(c2ccccc2)c2ccccc2)nn1)N(CCO)CCO. The molecule has 1 aromatic heterocycles. The van der Waals surface area contributed by atoms with Crippen molar-refractivity contribution in [1.29, 1.82) is 0 Å². The summed E-state index contributed by atoms with van der Waals surface area (Å²) in [6, 6.07) is 19.5. The molecule has 3 aromatic rings. The third-order valence-corrected chi connectivity index (χ3v) is 4.25. The zero-order chi connectivity index (χ0) is 19.1. The molecular formula is C20H22N4O3. The van der Waals surface area contributed by atoms with E-state index in [1.54, 1.807) is 10.9 Å². The van der Waals surface area contributed by atoms with Crippen LogP contribution in [-0.4, -0.2) is 62.3 Å². The van der Waals surface area contributed by atoms with Gasteiger partial charge in [0.25, 0.3) is 5.91 Å². The number of rotatable bonds is 8. The quantitative estimate of drug-likeness (QED) is 0.628. The molecule has 1 heterocycles. The molecule has 0 fully saturated rings. The fourth-order valence-electron chi connectivity index (χ4n) is 2.99. The number of benzene rings is 2. The first-order valence-corrected chi connectivity index (χ1v) is 8.77. The van der Waals surface area contributed by atoms with Gasteiger partial charge in [-0.2, -0.15) is 0 Å². The van der Waals surface area contributed by atoms with Crippen LogP contribution in [-0.2, 0) is 0 Å². The van der Waals surface area contributed by atoms with Crippen molar-refractivity contribution in [3.8, 4) is 0 Å². The second-order valence-electron chi connectivity index (χ2n) is 6.05. The van der Waals surface area contributed by atoms with E-state index >= 15 is 0 Å². The fraction of sp³-hybridized carbons (Fsp3) is 0.250. The molecular weight excluding hydrogens is 344 g/mol. The van der Waals surface area contributed by atoms with Gasteiger partial charge in [-0.25, -0.2) is 4.68 Å². The lowest BCUT2D eigenvalue weighted by Crippen LogP contribution is -2.36. The van der Waals surface area contributed by atoms with Crippen molar-refractivity contribution in [3.63, 3.8) is 0 Å². The van der Waals surface area contributed by atoms with Gasteiger partial charge in [-0.15, -0.1) is 5.10 Å². The van der Waals surface area contributed by atoms with Crippen LogP contribution < -0.4 is 0 Å². The van der Waals surface area contributed by atoms with Crippen molar-refractivity contribution in [2.45, 2.75) is 6.04 Å². The van der Waals surface area contributed by atoms with Gasteiger partial charge in [-0.3, -0.25) is 4.79 Å². The maximum atomic E-state index is 12.6. The molecule has 27 heavy (non-hydrogen) atoms. The largest absolute Gasteiger partial charge is 0.395 e. The van der Waals surface area contributed by atoms with Gasteiger partial charge in [0.05, 0.1) is 19.4 Å². The molecule has 0 atom stereocenters. The summed E-state index contributed by atoms with van der Waals surface area (Å²) in [5, 5.41) is 26.5. The standard InChI is InChI=1S/C20H22N4O3/c25-13-11-23(12-14-26)20(27)18-15-24(22-21-18)19(16-7-3-1-4-8-16)17-9-5-2-6-10-17/h1-10,15,19,25-26H,11-14H2. The van der Waals surface area contributed by atoms with Gasteiger partial charge in [0.1, 0.15) is 6.04 Å². The summed E-state index contributed by atoms with van der Waals surface area (Å²) >= 11 is 0. The maximum Gasteiger partial charge on any atom is 0.276 e. The minimum Gasteiger partial charge on any atom is -0.395 e. The lowest BCUT2D eigenvalue weighted by Gasteiger charge is -2.19. The molecule has 7 heteroatoms. The van der Waals surface area contributed by atoms with Crippen molar-refractivity contribution in [2.24, 2.45) is 0 Å². The zero-order valence-corrected chi connectivity index (χ0v) is 14.8. The van der Waals surface area contributed by atoms with Gasteiger partial charge >= 0.3 is 0 Å². The highest BCUT2D eigenvalue weighted by atomic mass is 16.3. The molecule has 0 saturated carbocycles. The molecule has 0 bridgehead atoms. The van der Waals surface area contributed by atoms with Crippen molar-refractivity contribution >= 4 is 5.91 Å². The van der Waals surface area contributed by atoms with Gasteiger partial charge in [-0.1, -0.05) is 65.9 Å². The second-order valence-corrected chi connectivity index (χ2v) is 6.05. The average molecular weight is 366 g/mol.